The molecule has 1 heterocycles. The lowest BCUT2D eigenvalue weighted by atomic mass is 10.2. The maximum absolute atomic E-state index is 13.1. The van der Waals surface area contributed by atoms with Gasteiger partial charge in [0.2, 0.25) is 5.91 Å². The minimum Gasteiger partial charge on any atom is -0.433 e. The molecule has 0 saturated carbocycles. The molecule has 5 nitrogen and oxygen atoms in total. The number of rotatable bonds is 6. The third kappa shape index (κ3) is 5.63. The minimum atomic E-state index is -2.96. The summed E-state index contributed by atoms with van der Waals surface area (Å²) in [5, 5.41) is 2.69. The van der Waals surface area contributed by atoms with E-state index in [1.807, 2.05) is 0 Å². The molecule has 1 amide bonds. The fraction of sp³-hybridized carbons (Fsp3) is 0.381. The molecule has 1 saturated heterocycles. The van der Waals surface area contributed by atoms with Crippen molar-refractivity contribution >= 4 is 17.3 Å². The molecular formula is C21H24F3N3O2. The maximum Gasteiger partial charge on any atom is 0.387 e. The topological polar surface area (TPSA) is 44.8 Å². The Balaban J connectivity index is 1.61. The maximum atomic E-state index is 13.1. The van der Waals surface area contributed by atoms with Crippen LogP contribution in [0, 0.1) is 5.82 Å². The number of para-hydroxylation sites is 2. The molecule has 1 aliphatic heterocycles. The van der Waals surface area contributed by atoms with Crippen LogP contribution >= 0.6 is 0 Å². The Hall–Kier alpha value is -2.74. The molecule has 29 heavy (non-hydrogen) atoms. The number of amides is 1. The van der Waals surface area contributed by atoms with Crippen LogP contribution in [-0.4, -0.2) is 49.6 Å². The molecule has 156 valence electrons. The molecule has 1 atom stereocenters. The smallest absolute Gasteiger partial charge is 0.387 e. The van der Waals surface area contributed by atoms with E-state index in [0.29, 0.717) is 13.1 Å². The van der Waals surface area contributed by atoms with Crippen LogP contribution in [0.3, 0.4) is 0 Å². The first-order valence-electron chi connectivity index (χ1n) is 9.53. The number of carbonyl (C=O) groups is 1. The van der Waals surface area contributed by atoms with Crippen molar-refractivity contribution in [1.82, 2.24) is 4.90 Å². The van der Waals surface area contributed by atoms with Gasteiger partial charge in [-0.3, -0.25) is 9.69 Å². The molecular weight excluding hydrogens is 383 g/mol. The highest BCUT2D eigenvalue weighted by Gasteiger charge is 2.25. The number of nitrogens with zero attached hydrogens (tertiary/aromatic N) is 2. The fourth-order valence-electron chi connectivity index (χ4n) is 3.41. The van der Waals surface area contributed by atoms with Gasteiger partial charge in [0, 0.05) is 31.9 Å². The third-order valence-electron chi connectivity index (χ3n) is 5.01. The summed E-state index contributed by atoms with van der Waals surface area (Å²) in [7, 11) is 0. The number of hydrogen-bond donors (Lipinski definition) is 1. The van der Waals surface area contributed by atoms with Gasteiger partial charge in [-0.2, -0.15) is 8.78 Å². The van der Waals surface area contributed by atoms with Gasteiger partial charge in [-0.15, -0.1) is 0 Å². The molecule has 0 bridgehead atoms. The number of carbonyl (C=O) groups excluding carboxylic acids is 1. The standard InChI is InChI=1S/C21H24F3N3O2/c1-15(20(28)25-18-5-2-3-6-19(18)29-21(23)24)26-11-4-12-27(14-13-26)17-9-7-16(22)8-10-17/h2-3,5-10,15,21H,4,11-14H2,1H3,(H,25,28). The van der Waals surface area contributed by atoms with Crippen molar-refractivity contribution in [1.29, 1.82) is 0 Å². The Bertz CT molecular complexity index is 817. The molecule has 2 aromatic carbocycles. The van der Waals surface area contributed by atoms with Crippen molar-refractivity contribution in [3.8, 4) is 5.75 Å². The molecule has 2 aromatic rings. The second-order valence-electron chi connectivity index (χ2n) is 6.89. The summed E-state index contributed by atoms with van der Waals surface area (Å²) in [5.41, 5.74) is 1.16. The van der Waals surface area contributed by atoms with E-state index in [1.165, 1.54) is 24.3 Å². The van der Waals surface area contributed by atoms with Crippen LogP contribution in [0.25, 0.3) is 0 Å². The number of ether oxygens (including phenoxy) is 1. The van der Waals surface area contributed by atoms with Crippen LogP contribution in [0.15, 0.2) is 48.5 Å². The number of halogens is 3. The van der Waals surface area contributed by atoms with Crippen LogP contribution in [0.4, 0.5) is 24.5 Å². The van der Waals surface area contributed by atoms with E-state index in [-0.39, 0.29) is 23.2 Å². The van der Waals surface area contributed by atoms with Crippen LogP contribution in [0.5, 0.6) is 5.75 Å². The van der Waals surface area contributed by atoms with Gasteiger partial charge in [0.25, 0.3) is 0 Å². The quantitative estimate of drug-likeness (QED) is 0.787. The second-order valence-corrected chi connectivity index (χ2v) is 6.89. The number of hydrogen-bond acceptors (Lipinski definition) is 4. The molecule has 0 spiro atoms. The molecule has 0 radical (unpaired) electrons. The lowest BCUT2D eigenvalue weighted by Gasteiger charge is -2.27. The van der Waals surface area contributed by atoms with Gasteiger partial charge in [0.05, 0.1) is 11.7 Å². The summed E-state index contributed by atoms with van der Waals surface area (Å²) in [4.78, 5) is 16.9. The molecule has 1 N–H and O–H groups in total. The Morgan fingerprint density at radius 3 is 2.48 bits per heavy atom. The van der Waals surface area contributed by atoms with Crippen molar-refractivity contribution in [2.75, 3.05) is 36.4 Å². The highest BCUT2D eigenvalue weighted by Crippen LogP contribution is 2.26. The van der Waals surface area contributed by atoms with Crippen molar-refractivity contribution in [3.63, 3.8) is 0 Å². The van der Waals surface area contributed by atoms with Gasteiger partial charge in [0.1, 0.15) is 11.6 Å². The zero-order chi connectivity index (χ0) is 20.8. The van der Waals surface area contributed by atoms with Crippen molar-refractivity contribution in [3.05, 3.63) is 54.3 Å². The first-order valence-corrected chi connectivity index (χ1v) is 9.53. The normalized spacial score (nSPS) is 16.4. The number of nitrogens with one attached hydrogen (secondary N) is 1. The average Bonchev–Trinajstić information content (AvgIpc) is 2.95. The Kier molecular flexibility index (Phi) is 6.98. The summed E-state index contributed by atoms with van der Waals surface area (Å²) >= 11 is 0. The van der Waals surface area contributed by atoms with Crippen LogP contribution in [0.2, 0.25) is 0 Å². The largest absolute Gasteiger partial charge is 0.433 e. The number of benzene rings is 2. The van der Waals surface area contributed by atoms with Gasteiger partial charge in [0.15, 0.2) is 0 Å². The van der Waals surface area contributed by atoms with Crippen LogP contribution < -0.4 is 15.0 Å². The van der Waals surface area contributed by atoms with Crippen molar-refractivity contribution < 1.29 is 22.7 Å². The van der Waals surface area contributed by atoms with Crippen LogP contribution in [-0.2, 0) is 4.79 Å². The van der Waals surface area contributed by atoms with Gasteiger partial charge < -0.3 is 15.0 Å². The van der Waals surface area contributed by atoms with Gasteiger partial charge >= 0.3 is 6.61 Å². The minimum absolute atomic E-state index is 0.0681. The summed E-state index contributed by atoms with van der Waals surface area (Å²) in [6.07, 6.45) is 0.847. The highest BCUT2D eigenvalue weighted by atomic mass is 19.3. The number of alkyl halides is 2. The van der Waals surface area contributed by atoms with E-state index in [0.717, 1.165) is 25.2 Å². The lowest BCUT2D eigenvalue weighted by molar-refractivity contribution is -0.120. The predicted octanol–water partition coefficient (Wildman–Crippen LogP) is 3.97. The summed E-state index contributed by atoms with van der Waals surface area (Å²) in [6, 6.07) is 12.1. The molecule has 1 unspecified atom stereocenters. The molecule has 8 heteroatoms. The third-order valence-corrected chi connectivity index (χ3v) is 5.01. The zero-order valence-electron chi connectivity index (χ0n) is 16.2. The first-order chi connectivity index (χ1) is 13.9. The predicted molar refractivity (Wildman–Crippen MR) is 106 cm³/mol. The molecule has 3 rings (SSSR count). The Morgan fingerprint density at radius 1 is 1.03 bits per heavy atom. The Labute approximate surface area is 168 Å². The molecule has 1 fully saturated rings. The van der Waals surface area contributed by atoms with E-state index in [2.05, 4.69) is 19.9 Å². The number of anilines is 2. The van der Waals surface area contributed by atoms with Gasteiger partial charge in [-0.25, -0.2) is 4.39 Å². The summed E-state index contributed by atoms with van der Waals surface area (Å²) in [5.74, 6) is -0.626. The first kappa shape index (κ1) is 21.0. The molecule has 1 aliphatic rings. The zero-order valence-corrected chi connectivity index (χ0v) is 16.2. The van der Waals surface area contributed by atoms with Crippen molar-refractivity contribution in [2.24, 2.45) is 0 Å². The van der Waals surface area contributed by atoms with Gasteiger partial charge in [-0.1, -0.05) is 12.1 Å². The summed E-state index contributed by atoms with van der Waals surface area (Å²) < 4.78 is 42.7. The van der Waals surface area contributed by atoms with E-state index in [4.69, 9.17) is 0 Å². The van der Waals surface area contributed by atoms with E-state index < -0.39 is 12.7 Å². The SMILES string of the molecule is CC(C(=O)Nc1ccccc1OC(F)F)N1CCCN(c2ccc(F)cc2)CC1. The van der Waals surface area contributed by atoms with Crippen molar-refractivity contribution in [2.45, 2.75) is 26.0 Å². The average molecular weight is 407 g/mol. The monoisotopic (exact) mass is 407 g/mol. The van der Waals surface area contributed by atoms with E-state index in [1.54, 1.807) is 31.2 Å². The summed E-state index contributed by atoms with van der Waals surface area (Å²) in [6.45, 7) is 1.71. The molecule has 0 aromatic heterocycles. The van der Waals surface area contributed by atoms with Gasteiger partial charge in [-0.05, 0) is 49.7 Å². The second kappa shape index (κ2) is 9.65. The fourth-order valence-corrected chi connectivity index (χ4v) is 3.41. The molecule has 0 aliphatic carbocycles. The van der Waals surface area contributed by atoms with E-state index >= 15 is 0 Å². The lowest BCUT2D eigenvalue weighted by Crippen LogP contribution is -2.44. The van der Waals surface area contributed by atoms with E-state index in [9.17, 15) is 18.0 Å². The van der Waals surface area contributed by atoms with Crippen LogP contribution in [0.1, 0.15) is 13.3 Å². The Morgan fingerprint density at radius 2 is 1.76 bits per heavy atom. The highest BCUT2D eigenvalue weighted by molar-refractivity contribution is 5.95.